The summed E-state index contributed by atoms with van der Waals surface area (Å²) in [5.41, 5.74) is 3.11. The zero-order valence-electron chi connectivity index (χ0n) is 23.2. The van der Waals surface area contributed by atoms with E-state index in [0.717, 1.165) is 18.2 Å². The van der Waals surface area contributed by atoms with Gasteiger partial charge in [-0.3, -0.25) is 9.59 Å². The maximum absolute atomic E-state index is 13.7. The van der Waals surface area contributed by atoms with Crippen molar-refractivity contribution in [2.45, 2.75) is 50.6 Å². The molecule has 0 aliphatic carbocycles. The highest BCUT2D eigenvalue weighted by Crippen LogP contribution is 2.41. The van der Waals surface area contributed by atoms with Crippen LogP contribution in [0, 0.1) is 18.8 Å². The highest BCUT2D eigenvalue weighted by Gasteiger charge is 2.40. The lowest BCUT2D eigenvalue weighted by atomic mass is 9.84. The summed E-state index contributed by atoms with van der Waals surface area (Å²) in [7, 11) is 2.05. The van der Waals surface area contributed by atoms with Gasteiger partial charge in [0.2, 0.25) is 5.91 Å². The van der Waals surface area contributed by atoms with Gasteiger partial charge in [-0.15, -0.1) is 0 Å². The van der Waals surface area contributed by atoms with Crippen molar-refractivity contribution in [3.8, 4) is 0 Å². The van der Waals surface area contributed by atoms with E-state index in [9.17, 15) is 27.9 Å². The quantitative estimate of drug-likeness (QED) is 0.536. The molecule has 5 rings (SSSR count). The number of halogens is 3. The molecule has 3 aliphatic heterocycles. The molecule has 0 radical (unpaired) electrons. The number of alkyl halides is 3. The van der Waals surface area contributed by atoms with E-state index in [1.807, 2.05) is 16.8 Å². The second-order valence-electron chi connectivity index (χ2n) is 11.8. The number of carboxylic acids is 1. The average molecular weight is 558 g/mol. The van der Waals surface area contributed by atoms with Crippen LogP contribution in [-0.4, -0.2) is 73.1 Å². The summed E-state index contributed by atoms with van der Waals surface area (Å²) in [6.07, 6.45) is -2.25. The van der Waals surface area contributed by atoms with Crippen molar-refractivity contribution in [1.82, 2.24) is 9.80 Å². The molecule has 0 saturated carbocycles. The van der Waals surface area contributed by atoms with Crippen molar-refractivity contribution in [3.05, 3.63) is 64.7 Å². The Balaban J connectivity index is 1.30. The van der Waals surface area contributed by atoms with E-state index in [1.54, 1.807) is 6.07 Å². The largest absolute Gasteiger partial charge is 0.481 e. The Hall–Kier alpha value is -3.07. The van der Waals surface area contributed by atoms with Gasteiger partial charge in [-0.1, -0.05) is 35.9 Å². The van der Waals surface area contributed by atoms with E-state index < -0.39 is 23.6 Å². The van der Waals surface area contributed by atoms with Crippen LogP contribution >= 0.6 is 0 Å². The number of anilines is 1. The van der Waals surface area contributed by atoms with Crippen molar-refractivity contribution in [2.75, 3.05) is 51.2 Å². The molecule has 3 heterocycles. The minimum Gasteiger partial charge on any atom is -0.481 e. The Morgan fingerprint density at radius 1 is 0.900 bits per heavy atom. The maximum Gasteiger partial charge on any atom is 0.416 e. The van der Waals surface area contributed by atoms with Gasteiger partial charge in [0.1, 0.15) is 0 Å². The monoisotopic (exact) mass is 557 g/mol. The topological polar surface area (TPSA) is 64.1 Å². The molecular formula is C31H38F3N3O3. The number of hydrogen-bond donors (Lipinski definition) is 1. The van der Waals surface area contributed by atoms with Gasteiger partial charge in [0.25, 0.3) is 0 Å². The lowest BCUT2D eigenvalue weighted by Gasteiger charge is -2.38. The number of aliphatic carboxylic acids is 1. The summed E-state index contributed by atoms with van der Waals surface area (Å²) < 4.78 is 40.9. The summed E-state index contributed by atoms with van der Waals surface area (Å²) >= 11 is 0. The minimum absolute atomic E-state index is 0.0395. The highest BCUT2D eigenvalue weighted by molar-refractivity contribution is 5.81. The summed E-state index contributed by atoms with van der Waals surface area (Å²) in [6.45, 7) is 5.59. The van der Waals surface area contributed by atoms with Crippen LogP contribution in [0.15, 0.2) is 42.5 Å². The molecule has 2 atom stereocenters. The van der Waals surface area contributed by atoms with E-state index in [2.05, 4.69) is 36.1 Å². The molecule has 0 bridgehead atoms. The molecule has 9 heteroatoms. The molecule has 2 aromatic rings. The number of carbonyl (C=O) groups is 2. The van der Waals surface area contributed by atoms with Crippen LogP contribution < -0.4 is 4.90 Å². The Bertz CT molecular complexity index is 1220. The smallest absolute Gasteiger partial charge is 0.416 e. The first-order chi connectivity index (χ1) is 19.0. The first kappa shape index (κ1) is 28.5. The fourth-order valence-corrected chi connectivity index (χ4v) is 6.75. The predicted octanol–water partition coefficient (Wildman–Crippen LogP) is 5.37. The lowest BCUT2D eigenvalue weighted by molar-refractivity contribution is -0.142. The zero-order valence-corrected chi connectivity index (χ0v) is 23.2. The second-order valence-corrected chi connectivity index (χ2v) is 11.8. The van der Waals surface area contributed by atoms with Crippen LogP contribution in [0.2, 0.25) is 0 Å². The van der Waals surface area contributed by atoms with Gasteiger partial charge in [-0.2, -0.15) is 13.2 Å². The Morgan fingerprint density at radius 2 is 1.55 bits per heavy atom. The second kappa shape index (κ2) is 11.4. The summed E-state index contributed by atoms with van der Waals surface area (Å²) in [4.78, 5) is 31.2. The van der Waals surface area contributed by atoms with E-state index >= 15 is 0 Å². The van der Waals surface area contributed by atoms with Crippen molar-refractivity contribution in [3.63, 3.8) is 0 Å². The van der Waals surface area contributed by atoms with Gasteiger partial charge in [-0.25, -0.2) is 0 Å². The number of aryl methyl sites for hydroxylation is 1. The first-order valence-corrected chi connectivity index (χ1v) is 14.2. The zero-order chi connectivity index (χ0) is 28.6. The Kier molecular flexibility index (Phi) is 8.13. The number of benzene rings is 2. The molecule has 2 aromatic carbocycles. The fraction of sp³-hybridized carbons (Fsp3) is 0.548. The summed E-state index contributed by atoms with van der Waals surface area (Å²) in [6, 6.07) is 12.4. The number of carboxylic acid groups (broad SMARTS) is 1. The van der Waals surface area contributed by atoms with Gasteiger partial charge in [0, 0.05) is 50.9 Å². The van der Waals surface area contributed by atoms with E-state index in [0.29, 0.717) is 64.1 Å². The molecule has 1 N–H and O–H groups in total. The number of amides is 1. The standard InChI is InChI=1S/C31H38F3N3O3/c1-20-3-5-21(6-4-20)26-18-35(2)19-27(26)29(38)37-15-9-22(10-16-37)25-8-7-24(31(32,33)34)17-28(25)36-13-11-23(12-14-36)30(39)40/h3-8,17,22-23,26-27H,9-16,18-19H2,1-2H3,(H,39,40)/t26-,27?/m0/s1. The van der Waals surface area contributed by atoms with Gasteiger partial charge < -0.3 is 19.8 Å². The van der Waals surface area contributed by atoms with Gasteiger partial charge in [-0.05, 0) is 68.8 Å². The van der Waals surface area contributed by atoms with E-state index in [1.165, 1.54) is 17.2 Å². The third kappa shape index (κ3) is 5.99. The van der Waals surface area contributed by atoms with Crippen molar-refractivity contribution in [1.29, 1.82) is 0 Å². The average Bonchev–Trinajstić information content (AvgIpc) is 3.34. The molecule has 6 nitrogen and oxygen atoms in total. The third-order valence-corrected chi connectivity index (χ3v) is 9.11. The van der Waals surface area contributed by atoms with Crippen molar-refractivity contribution in [2.24, 2.45) is 11.8 Å². The third-order valence-electron chi connectivity index (χ3n) is 9.11. The molecule has 3 saturated heterocycles. The van der Waals surface area contributed by atoms with Gasteiger partial charge >= 0.3 is 12.1 Å². The fourth-order valence-electron chi connectivity index (χ4n) is 6.75. The number of rotatable bonds is 5. The number of likely N-dealkylation sites (tertiary alicyclic amines) is 2. The van der Waals surface area contributed by atoms with E-state index in [4.69, 9.17) is 0 Å². The maximum atomic E-state index is 13.7. The lowest BCUT2D eigenvalue weighted by Crippen LogP contribution is -2.43. The Labute approximate surface area is 233 Å². The van der Waals surface area contributed by atoms with Crippen molar-refractivity contribution < 1.29 is 27.9 Å². The number of hydrogen-bond acceptors (Lipinski definition) is 4. The number of piperidine rings is 2. The normalized spacial score (nSPS) is 23.5. The summed E-state index contributed by atoms with van der Waals surface area (Å²) in [5.74, 6) is -1.07. The van der Waals surface area contributed by atoms with Crippen molar-refractivity contribution >= 4 is 17.6 Å². The number of carbonyl (C=O) groups excluding carboxylic acids is 1. The van der Waals surface area contributed by atoms with Crippen LogP contribution in [0.3, 0.4) is 0 Å². The van der Waals surface area contributed by atoms with Gasteiger partial charge in [0.05, 0.1) is 17.4 Å². The number of nitrogens with zero attached hydrogens (tertiary/aromatic N) is 3. The van der Waals surface area contributed by atoms with Crippen LogP contribution in [0.5, 0.6) is 0 Å². The Morgan fingerprint density at radius 3 is 2.15 bits per heavy atom. The van der Waals surface area contributed by atoms with Crippen LogP contribution in [-0.2, 0) is 15.8 Å². The minimum atomic E-state index is -4.45. The molecular weight excluding hydrogens is 519 g/mol. The van der Waals surface area contributed by atoms with E-state index in [-0.39, 0.29) is 23.7 Å². The van der Waals surface area contributed by atoms with Crippen LogP contribution in [0.1, 0.15) is 59.8 Å². The predicted molar refractivity (Wildman–Crippen MR) is 147 cm³/mol. The number of likely N-dealkylation sites (N-methyl/N-ethyl adjacent to an activating group) is 1. The highest BCUT2D eigenvalue weighted by atomic mass is 19.4. The molecule has 3 fully saturated rings. The molecule has 1 amide bonds. The van der Waals surface area contributed by atoms with Crippen LogP contribution in [0.4, 0.5) is 18.9 Å². The molecule has 1 unspecified atom stereocenters. The SMILES string of the molecule is Cc1ccc([C@@H]2CN(C)CC2C(=O)N2CCC(c3ccc(C(F)(F)F)cc3N3CCC(C(=O)O)CC3)CC2)cc1. The molecule has 40 heavy (non-hydrogen) atoms. The molecule has 0 spiro atoms. The summed E-state index contributed by atoms with van der Waals surface area (Å²) in [5, 5.41) is 9.36. The molecule has 0 aromatic heterocycles. The molecule has 3 aliphatic rings. The van der Waals surface area contributed by atoms with Crippen LogP contribution in [0.25, 0.3) is 0 Å². The first-order valence-electron chi connectivity index (χ1n) is 14.2. The molecule has 216 valence electrons. The van der Waals surface area contributed by atoms with Gasteiger partial charge in [0.15, 0.2) is 0 Å².